The Labute approximate surface area is 185 Å². The van der Waals surface area contributed by atoms with Crippen molar-refractivity contribution in [1.29, 1.82) is 0 Å². The number of hydrazine groups is 1. The molecular formula is C23H37N5O3. The van der Waals surface area contributed by atoms with Crippen LogP contribution in [-0.4, -0.2) is 82.0 Å². The van der Waals surface area contributed by atoms with Gasteiger partial charge in [-0.05, 0) is 17.4 Å². The Morgan fingerprint density at radius 1 is 1.19 bits per heavy atom. The second kappa shape index (κ2) is 9.97. The summed E-state index contributed by atoms with van der Waals surface area (Å²) in [5.41, 5.74) is 1.02. The zero-order valence-corrected chi connectivity index (χ0v) is 19.4. The van der Waals surface area contributed by atoms with Crippen molar-refractivity contribution in [2.45, 2.75) is 59.1 Å². The number of aliphatic hydroxyl groups excluding tert-OH is 1. The molecule has 8 nitrogen and oxygen atoms in total. The van der Waals surface area contributed by atoms with Gasteiger partial charge in [0.2, 0.25) is 5.91 Å². The monoisotopic (exact) mass is 431 g/mol. The molecule has 2 aliphatic rings. The highest BCUT2D eigenvalue weighted by atomic mass is 16.3. The first-order valence-corrected chi connectivity index (χ1v) is 11.3. The summed E-state index contributed by atoms with van der Waals surface area (Å²) in [6, 6.07) is 9.10. The molecule has 8 heteroatoms. The van der Waals surface area contributed by atoms with Crippen LogP contribution in [0.5, 0.6) is 0 Å². The number of likely N-dealkylation sites (N-methyl/N-ethyl adjacent to an activating group) is 1. The first-order chi connectivity index (χ1) is 14.7. The molecule has 31 heavy (non-hydrogen) atoms. The number of urea groups is 1. The number of nitrogens with one attached hydrogen (secondary N) is 1. The molecule has 0 aliphatic carbocycles. The van der Waals surface area contributed by atoms with Crippen LogP contribution in [0, 0.1) is 11.8 Å². The highest BCUT2D eigenvalue weighted by Gasteiger charge is 2.52. The Morgan fingerprint density at radius 3 is 2.48 bits per heavy atom. The molecule has 2 heterocycles. The Hall–Kier alpha value is -2.16. The highest BCUT2D eigenvalue weighted by molar-refractivity contribution is 5.84. The van der Waals surface area contributed by atoms with Gasteiger partial charge in [0, 0.05) is 20.1 Å². The van der Waals surface area contributed by atoms with E-state index in [9.17, 15) is 14.7 Å². The highest BCUT2D eigenvalue weighted by Crippen LogP contribution is 2.32. The molecule has 1 aromatic carbocycles. The average Bonchev–Trinajstić information content (AvgIpc) is 2.73. The van der Waals surface area contributed by atoms with Gasteiger partial charge in [-0.15, -0.1) is 0 Å². The third kappa shape index (κ3) is 5.02. The molecule has 0 radical (unpaired) electrons. The predicted octanol–water partition coefficient (Wildman–Crippen LogP) is 1.92. The lowest BCUT2D eigenvalue weighted by Gasteiger charge is -2.57. The largest absolute Gasteiger partial charge is 0.377 e. The van der Waals surface area contributed by atoms with E-state index < -0.39 is 18.4 Å². The Bertz CT molecular complexity index is 759. The minimum Gasteiger partial charge on any atom is -0.377 e. The number of β-amino-alcohol motifs (C(OH)–C–C–N with tert-alkyl or cyclic N) is 1. The van der Waals surface area contributed by atoms with Crippen molar-refractivity contribution in [2.24, 2.45) is 11.8 Å². The van der Waals surface area contributed by atoms with E-state index in [0.29, 0.717) is 25.6 Å². The number of amides is 3. The number of fused-ring (bicyclic) bond motifs is 1. The normalized spacial score (nSPS) is 26.2. The number of aliphatic hydroxyl groups is 1. The SMILES string of the molecule is CCC(C)[C@H]1C(=O)N(CC(C)C)C[C@H]2N1C(O)CN(C)N2C(=O)NCc1ccccc1. The van der Waals surface area contributed by atoms with Crippen molar-refractivity contribution in [3.05, 3.63) is 35.9 Å². The van der Waals surface area contributed by atoms with E-state index in [1.54, 1.807) is 10.0 Å². The Balaban J connectivity index is 1.87. The summed E-state index contributed by atoms with van der Waals surface area (Å²) in [6.07, 6.45) is -0.407. The second-order valence-corrected chi connectivity index (χ2v) is 9.20. The van der Waals surface area contributed by atoms with E-state index in [1.165, 1.54) is 0 Å². The summed E-state index contributed by atoms with van der Waals surface area (Å²) < 4.78 is 0. The molecule has 3 rings (SSSR count). The molecule has 3 amide bonds. The molecule has 0 aromatic heterocycles. The van der Waals surface area contributed by atoms with Gasteiger partial charge in [0.25, 0.3) is 0 Å². The number of hydrogen-bond acceptors (Lipinski definition) is 5. The van der Waals surface area contributed by atoms with Gasteiger partial charge < -0.3 is 15.3 Å². The first kappa shape index (κ1) is 23.5. The number of hydrogen-bond donors (Lipinski definition) is 2. The van der Waals surface area contributed by atoms with Crippen LogP contribution in [0.3, 0.4) is 0 Å². The average molecular weight is 432 g/mol. The van der Waals surface area contributed by atoms with Crippen LogP contribution in [0.1, 0.15) is 39.7 Å². The first-order valence-electron chi connectivity index (χ1n) is 11.3. The van der Waals surface area contributed by atoms with Crippen LogP contribution in [0.15, 0.2) is 30.3 Å². The maximum Gasteiger partial charge on any atom is 0.333 e. The lowest BCUT2D eigenvalue weighted by atomic mass is 9.92. The van der Waals surface area contributed by atoms with Gasteiger partial charge >= 0.3 is 6.03 Å². The minimum absolute atomic E-state index is 0.0487. The summed E-state index contributed by atoms with van der Waals surface area (Å²) in [4.78, 5) is 30.4. The summed E-state index contributed by atoms with van der Waals surface area (Å²) in [5.74, 6) is 0.435. The Morgan fingerprint density at radius 2 is 1.87 bits per heavy atom. The van der Waals surface area contributed by atoms with E-state index in [4.69, 9.17) is 0 Å². The summed E-state index contributed by atoms with van der Waals surface area (Å²) in [6.45, 7) is 9.97. The van der Waals surface area contributed by atoms with E-state index in [-0.39, 0.29) is 24.4 Å². The number of carbonyl (C=O) groups is 2. The topological polar surface area (TPSA) is 79.4 Å². The Kier molecular flexibility index (Phi) is 7.56. The van der Waals surface area contributed by atoms with Gasteiger partial charge in [-0.25, -0.2) is 19.7 Å². The van der Waals surface area contributed by atoms with Gasteiger partial charge in [-0.2, -0.15) is 0 Å². The zero-order chi connectivity index (χ0) is 22.7. The molecule has 4 atom stereocenters. The number of nitrogens with zero attached hydrogens (tertiary/aromatic N) is 4. The van der Waals surface area contributed by atoms with Gasteiger partial charge in [0.1, 0.15) is 12.4 Å². The van der Waals surface area contributed by atoms with E-state index in [1.807, 2.05) is 54.1 Å². The molecule has 1 aromatic rings. The molecule has 172 valence electrons. The summed E-state index contributed by atoms with van der Waals surface area (Å²) in [7, 11) is 1.81. The number of carbonyl (C=O) groups excluding carboxylic acids is 2. The molecule has 0 spiro atoms. The van der Waals surface area contributed by atoms with Crippen LogP contribution in [-0.2, 0) is 11.3 Å². The van der Waals surface area contributed by atoms with Crippen molar-refractivity contribution in [3.8, 4) is 0 Å². The number of rotatable bonds is 6. The second-order valence-electron chi connectivity index (χ2n) is 9.20. The van der Waals surface area contributed by atoms with Crippen molar-refractivity contribution in [3.63, 3.8) is 0 Å². The number of benzene rings is 1. The molecule has 0 bridgehead atoms. The molecule has 2 N–H and O–H groups in total. The molecule has 0 saturated carbocycles. The molecule has 2 aliphatic heterocycles. The van der Waals surface area contributed by atoms with E-state index in [0.717, 1.165) is 12.0 Å². The predicted molar refractivity (Wildman–Crippen MR) is 119 cm³/mol. The van der Waals surface area contributed by atoms with Crippen molar-refractivity contribution < 1.29 is 14.7 Å². The molecular weight excluding hydrogens is 394 g/mol. The maximum atomic E-state index is 13.4. The van der Waals surface area contributed by atoms with Crippen LogP contribution >= 0.6 is 0 Å². The van der Waals surface area contributed by atoms with Gasteiger partial charge in [-0.3, -0.25) is 4.79 Å². The standard InChI is InChI=1S/C23H37N5O3/c1-6-17(4)21-22(30)26(13-16(2)3)14-19-27(21)20(29)15-25(5)28(19)23(31)24-12-18-10-8-7-9-11-18/h7-11,16-17,19-21,29H,6,12-15H2,1-5H3,(H,24,31)/t17?,19-,20?,21-/m0/s1. The summed E-state index contributed by atoms with van der Waals surface area (Å²) >= 11 is 0. The third-order valence-corrected chi connectivity index (χ3v) is 6.30. The van der Waals surface area contributed by atoms with Crippen molar-refractivity contribution in [2.75, 3.05) is 26.7 Å². The van der Waals surface area contributed by atoms with Gasteiger partial charge in [0.15, 0.2) is 0 Å². The van der Waals surface area contributed by atoms with E-state index in [2.05, 4.69) is 26.1 Å². The van der Waals surface area contributed by atoms with Gasteiger partial charge in [0.05, 0.1) is 19.1 Å². The van der Waals surface area contributed by atoms with E-state index >= 15 is 0 Å². The minimum atomic E-state index is -0.808. The quantitative estimate of drug-likeness (QED) is 0.719. The van der Waals surface area contributed by atoms with Crippen LogP contribution in [0.25, 0.3) is 0 Å². The molecule has 2 saturated heterocycles. The van der Waals surface area contributed by atoms with Crippen LogP contribution < -0.4 is 5.32 Å². The van der Waals surface area contributed by atoms with Crippen molar-refractivity contribution in [1.82, 2.24) is 25.1 Å². The zero-order valence-electron chi connectivity index (χ0n) is 19.4. The molecule has 2 unspecified atom stereocenters. The van der Waals surface area contributed by atoms with Crippen LogP contribution in [0.2, 0.25) is 0 Å². The van der Waals surface area contributed by atoms with Crippen molar-refractivity contribution >= 4 is 11.9 Å². The lowest BCUT2D eigenvalue weighted by Crippen LogP contribution is -2.77. The fourth-order valence-electron chi connectivity index (χ4n) is 4.63. The van der Waals surface area contributed by atoms with Crippen LogP contribution in [0.4, 0.5) is 4.79 Å². The maximum absolute atomic E-state index is 13.4. The molecule has 2 fully saturated rings. The lowest BCUT2D eigenvalue weighted by molar-refractivity contribution is -0.228. The smallest absolute Gasteiger partial charge is 0.333 e. The number of piperazine rings is 1. The summed E-state index contributed by atoms with van der Waals surface area (Å²) in [5, 5.41) is 17.4. The third-order valence-electron chi connectivity index (χ3n) is 6.30. The fourth-order valence-corrected chi connectivity index (χ4v) is 4.63. The van der Waals surface area contributed by atoms with Gasteiger partial charge in [-0.1, -0.05) is 64.4 Å². The fraction of sp³-hybridized carbons (Fsp3) is 0.652.